The number of hydrogen-bond acceptors (Lipinski definition) is 4. The lowest BCUT2D eigenvalue weighted by atomic mass is 9.95. The van der Waals surface area contributed by atoms with E-state index < -0.39 is 16.1 Å². The van der Waals surface area contributed by atoms with Crippen molar-refractivity contribution in [3.05, 3.63) is 65.2 Å². The first kappa shape index (κ1) is 30.7. The van der Waals surface area contributed by atoms with Gasteiger partial charge < -0.3 is 10.2 Å². The molecule has 1 N–H and O–H groups in total. The fourth-order valence-corrected chi connectivity index (χ4v) is 6.44. The number of sulfonamides is 1. The van der Waals surface area contributed by atoms with Gasteiger partial charge in [0.2, 0.25) is 21.8 Å². The molecule has 214 valence electrons. The van der Waals surface area contributed by atoms with E-state index in [1.54, 1.807) is 11.0 Å². The molecule has 1 aliphatic rings. The lowest BCUT2D eigenvalue weighted by Crippen LogP contribution is -2.52. The molecule has 1 unspecified atom stereocenters. The van der Waals surface area contributed by atoms with Gasteiger partial charge in [-0.05, 0) is 68.7 Å². The van der Waals surface area contributed by atoms with Gasteiger partial charge in [-0.2, -0.15) is 0 Å². The van der Waals surface area contributed by atoms with Gasteiger partial charge in [-0.3, -0.25) is 13.9 Å². The molecule has 0 aliphatic heterocycles. The van der Waals surface area contributed by atoms with Crippen molar-refractivity contribution in [1.29, 1.82) is 0 Å². The Bertz CT molecular complexity index is 1190. The average molecular weight is 556 g/mol. The van der Waals surface area contributed by atoms with Gasteiger partial charge in [0.15, 0.2) is 0 Å². The molecule has 2 aromatic carbocycles. The van der Waals surface area contributed by atoms with Crippen LogP contribution in [0.1, 0.15) is 75.0 Å². The SMILES string of the molecule is CCC(C(=O)NC1CCCCC1)N(CCc1ccccc1)C(=O)CCCN(c1cccc(C)c1C)S(C)(=O)=O. The van der Waals surface area contributed by atoms with Crippen LogP contribution in [-0.4, -0.2) is 56.6 Å². The normalized spacial score (nSPS) is 15.0. The summed E-state index contributed by atoms with van der Waals surface area (Å²) < 4.78 is 26.7. The summed E-state index contributed by atoms with van der Waals surface area (Å²) in [7, 11) is -3.53. The summed E-state index contributed by atoms with van der Waals surface area (Å²) in [5, 5.41) is 3.21. The van der Waals surface area contributed by atoms with E-state index in [-0.39, 0.29) is 30.8 Å². The van der Waals surface area contributed by atoms with Crippen LogP contribution in [0.2, 0.25) is 0 Å². The third-order valence-electron chi connectivity index (χ3n) is 7.82. The van der Waals surface area contributed by atoms with Crippen LogP contribution in [0.15, 0.2) is 48.5 Å². The fourth-order valence-electron chi connectivity index (χ4n) is 5.43. The van der Waals surface area contributed by atoms with Gasteiger partial charge in [-0.1, -0.05) is 68.7 Å². The van der Waals surface area contributed by atoms with Gasteiger partial charge in [0.1, 0.15) is 6.04 Å². The topological polar surface area (TPSA) is 86.8 Å². The van der Waals surface area contributed by atoms with Crippen molar-refractivity contribution in [2.75, 3.05) is 23.7 Å². The summed E-state index contributed by atoms with van der Waals surface area (Å²) in [6.07, 6.45) is 8.32. The molecule has 7 nitrogen and oxygen atoms in total. The lowest BCUT2D eigenvalue weighted by molar-refractivity contribution is -0.141. The van der Waals surface area contributed by atoms with Crippen molar-refractivity contribution in [2.24, 2.45) is 0 Å². The van der Waals surface area contributed by atoms with Crippen molar-refractivity contribution in [2.45, 2.75) is 90.6 Å². The number of nitrogens with zero attached hydrogens (tertiary/aromatic N) is 2. The summed E-state index contributed by atoms with van der Waals surface area (Å²) in [6, 6.07) is 15.2. The number of carbonyl (C=O) groups is 2. The van der Waals surface area contributed by atoms with Crippen LogP contribution in [0.5, 0.6) is 0 Å². The van der Waals surface area contributed by atoms with Crippen LogP contribution in [0.25, 0.3) is 0 Å². The Hall–Kier alpha value is -2.87. The molecule has 8 heteroatoms. The molecule has 0 saturated heterocycles. The number of amides is 2. The maximum absolute atomic E-state index is 13.6. The predicted octanol–water partition coefficient (Wildman–Crippen LogP) is 5.15. The predicted molar refractivity (Wildman–Crippen MR) is 158 cm³/mol. The van der Waals surface area contributed by atoms with Gasteiger partial charge in [-0.25, -0.2) is 8.42 Å². The monoisotopic (exact) mass is 555 g/mol. The van der Waals surface area contributed by atoms with Crippen LogP contribution in [0.4, 0.5) is 5.69 Å². The summed E-state index contributed by atoms with van der Waals surface area (Å²) in [5.41, 5.74) is 3.67. The molecule has 1 fully saturated rings. The van der Waals surface area contributed by atoms with Crippen LogP contribution >= 0.6 is 0 Å². The fraction of sp³-hybridized carbons (Fsp3) is 0.548. The molecule has 0 bridgehead atoms. The second-order valence-corrected chi connectivity index (χ2v) is 12.7. The van der Waals surface area contributed by atoms with Crippen LogP contribution in [0, 0.1) is 13.8 Å². The van der Waals surface area contributed by atoms with Crippen molar-refractivity contribution < 1.29 is 18.0 Å². The van der Waals surface area contributed by atoms with Crippen molar-refractivity contribution >= 4 is 27.5 Å². The highest BCUT2D eigenvalue weighted by Crippen LogP contribution is 2.25. The minimum absolute atomic E-state index is 0.0843. The number of nitrogens with one attached hydrogen (secondary N) is 1. The van der Waals surface area contributed by atoms with E-state index in [2.05, 4.69) is 5.32 Å². The summed E-state index contributed by atoms with van der Waals surface area (Å²) in [4.78, 5) is 28.7. The smallest absolute Gasteiger partial charge is 0.243 e. The molecular weight excluding hydrogens is 510 g/mol. The molecule has 1 saturated carbocycles. The molecule has 0 aromatic heterocycles. The molecular formula is C31H45N3O4S. The van der Waals surface area contributed by atoms with Crippen molar-refractivity contribution in [1.82, 2.24) is 10.2 Å². The molecule has 1 atom stereocenters. The second kappa shape index (κ2) is 14.5. The Labute approximate surface area is 235 Å². The maximum atomic E-state index is 13.6. The zero-order chi connectivity index (χ0) is 28.4. The zero-order valence-electron chi connectivity index (χ0n) is 24.0. The molecule has 0 spiro atoms. The minimum Gasteiger partial charge on any atom is -0.352 e. The maximum Gasteiger partial charge on any atom is 0.243 e. The molecule has 2 amide bonds. The van der Waals surface area contributed by atoms with Gasteiger partial charge in [-0.15, -0.1) is 0 Å². The molecule has 0 radical (unpaired) electrons. The Balaban J connectivity index is 1.73. The number of aryl methyl sites for hydroxylation is 1. The van der Waals surface area contributed by atoms with Gasteiger partial charge >= 0.3 is 0 Å². The van der Waals surface area contributed by atoms with E-state index in [0.717, 1.165) is 42.4 Å². The van der Waals surface area contributed by atoms with E-state index in [9.17, 15) is 18.0 Å². The third kappa shape index (κ3) is 8.82. The first-order chi connectivity index (χ1) is 18.6. The Morgan fingerprint density at radius 1 is 0.974 bits per heavy atom. The summed E-state index contributed by atoms with van der Waals surface area (Å²) in [6.45, 7) is 6.45. The third-order valence-corrected chi connectivity index (χ3v) is 9.00. The standard InChI is InChI=1S/C31H45N3O4S/c1-5-28(31(36)32-27-17-10-7-11-18-27)33(23-21-26-15-8-6-9-16-26)30(35)20-13-22-34(39(4,37)38)29-19-12-14-24(2)25(29)3/h6,8-9,12,14-16,19,27-28H,5,7,10-11,13,17-18,20-23H2,1-4H3,(H,32,36). The molecule has 3 rings (SSSR count). The first-order valence-electron chi connectivity index (χ1n) is 14.3. The first-order valence-corrected chi connectivity index (χ1v) is 16.1. The minimum atomic E-state index is -3.53. The van der Waals surface area contributed by atoms with Crippen LogP contribution in [-0.2, 0) is 26.0 Å². The van der Waals surface area contributed by atoms with E-state index in [1.165, 1.54) is 17.0 Å². The highest BCUT2D eigenvalue weighted by atomic mass is 32.2. The highest BCUT2D eigenvalue weighted by Gasteiger charge is 2.30. The van der Waals surface area contributed by atoms with Gasteiger partial charge in [0.25, 0.3) is 0 Å². The van der Waals surface area contributed by atoms with Crippen LogP contribution < -0.4 is 9.62 Å². The number of rotatable bonds is 13. The quantitative estimate of drug-likeness (QED) is 0.370. The Morgan fingerprint density at radius 3 is 2.31 bits per heavy atom. The Kier molecular flexibility index (Phi) is 11.4. The molecule has 1 aliphatic carbocycles. The van der Waals surface area contributed by atoms with E-state index in [0.29, 0.717) is 31.5 Å². The molecule has 39 heavy (non-hydrogen) atoms. The number of hydrogen-bond donors (Lipinski definition) is 1. The number of carbonyl (C=O) groups excluding carboxylic acids is 2. The summed E-state index contributed by atoms with van der Waals surface area (Å²) in [5.74, 6) is -0.204. The van der Waals surface area contributed by atoms with Gasteiger partial charge in [0, 0.05) is 25.6 Å². The summed E-state index contributed by atoms with van der Waals surface area (Å²) >= 11 is 0. The lowest BCUT2D eigenvalue weighted by Gasteiger charge is -2.33. The Morgan fingerprint density at radius 2 is 1.67 bits per heavy atom. The van der Waals surface area contributed by atoms with Crippen molar-refractivity contribution in [3.8, 4) is 0 Å². The van der Waals surface area contributed by atoms with E-state index in [1.807, 2.05) is 63.2 Å². The second-order valence-electron chi connectivity index (χ2n) is 10.7. The van der Waals surface area contributed by atoms with E-state index in [4.69, 9.17) is 0 Å². The van der Waals surface area contributed by atoms with Crippen molar-refractivity contribution in [3.63, 3.8) is 0 Å². The van der Waals surface area contributed by atoms with Crippen LogP contribution in [0.3, 0.4) is 0 Å². The van der Waals surface area contributed by atoms with E-state index >= 15 is 0 Å². The number of benzene rings is 2. The van der Waals surface area contributed by atoms with Gasteiger partial charge in [0.05, 0.1) is 11.9 Å². The molecule has 2 aromatic rings. The highest BCUT2D eigenvalue weighted by molar-refractivity contribution is 7.92. The average Bonchev–Trinajstić information content (AvgIpc) is 2.91. The largest absolute Gasteiger partial charge is 0.352 e. The molecule has 0 heterocycles. The zero-order valence-corrected chi connectivity index (χ0v) is 24.8. The number of anilines is 1.